The van der Waals surface area contributed by atoms with Crippen molar-refractivity contribution in [3.63, 3.8) is 0 Å². The second-order valence-corrected chi connectivity index (χ2v) is 7.76. The van der Waals surface area contributed by atoms with Gasteiger partial charge in [0.15, 0.2) is 0 Å². The zero-order chi connectivity index (χ0) is 16.1. The molecule has 0 aromatic heterocycles. The number of thioether (sulfide) groups is 1. The predicted molar refractivity (Wildman–Crippen MR) is 95.1 cm³/mol. The lowest BCUT2D eigenvalue weighted by Crippen LogP contribution is -2.51. The Bertz CT molecular complexity index is 526. The van der Waals surface area contributed by atoms with Crippen LogP contribution in [-0.2, 0) is 11.2 Å². The molecule has 5 heteroatoms. The summed E-state index contributed by atoms with van der Waals surface area (Å²) in [5.74, 6) is 2.25. The molecule has 4 nitrogen and oxygen atoms in total. The van der Waals surface area contributed by atoms with Gasteiger partial charge in [0.1, 0.15) is 0 Å². The maximum Gasteiger partial charge on any atom is 0.315 e. The summed E-state index contributed by atoms with van der Waals surface area (Å²) < 4.78 is 5.99. The van der Waals surface area contributed by atoms with Gasteiger partial charge in [0, 0.05) is 24.9 Å². The van der Waals surface area contributed by atoms with E-state index in [0.29, 0.717) is 6.54 Å². The number of carbonyl (C=O) groups is 1. The molecule has 23 heavy (non-hydrogen) atoms. The Balaban J connectivity index is 1.39. The minimum atomic E-state index is -0.0511. The quantitative estimate of drug-likeness (QED) is 0.890. The predicted octanol–water partition coefficient (Wildman–Crippen LogP) is 2.89. The highest BCUT2D eigenvalue weighted by atomic mass is 32.2. The molecule has 126 valence electrons. The van der Waals surface area contributed by atoms with Gasteiger partial charge in [0.25, 0.3) is 0 Å². The molecule has 2 aliphatic rings. The van der Waals surface area contributed by atoms with Crippen molar-refractivity contribution in [3.8, 4) is 0 Å². The van der Waals surface area contributed by atoms with Crippen LogP contribution in [0.25, 0.3) is 0 Å². The van der Waals surface area contributed by atoms with Gasteiger partial charge in [-0.3, -0.25) is 0 Å². The van der Waals surface area contributed by atoms with Crippen molar-refractivity contribution in [2.24, 2.45) is 0 Å². The lowest BCUT2D eigenvalue weighted by atomic mass is 9.90. The first-order chi connectivity index (χ1) is 11.2. The SMILES string of the molecule is Cc1ccc(CCNC(=O)NC2CCOC3(CCSC3)C2)cc1. The van der Waals surface area contributed by atoms with Crippen molar-refractivity contribution in [2.45, 2.75) is 44.2 Å². The van der Waals surface area contributed by atoms with E-state index in [2.05, 4.69) is 41.8 Å². The van der Waals surface area contributed by atoms with Crippen LogP contribution < -0.4 is 10.6 Å². The van der Waals surface area contributed by atoms with E-state index in [1.807, 2.05) is 11.8 Å². The van der Waals surface area contributed by atoms with Crippen LogP contribution in [0.5, 0.6) is 0 Å². The monoisotopic (exact) mass is 334 g/mol. The van der Waals surface area contributed by atoms with E-state index < -0.39 is 0 Å². The Morgan fingerprint density at radius 3 is 2.96 bits per heavy atom. The van der Waals surface area contributed by atoms with Crippen molar-refractivity contribution in [1.29, 1.82) is 0 Å². The molecule has 2 fully saturated rings. The van der Waals surface area contributed by atoms with Crippen LogP contribution in [0, 0.1) is 6.92 Å². The molecule has 2 saturated heterocycles. The second kappa shape index (κ2) is 7.58. The third kappa shape index (κ3) is 4.64. The minimum Gasteiger partial charge on any atom is -0.374 e. The largest absolute Gasteiger partial charge is 0.374 e. The topological polar surface area (TPSA) is 50.4 Å². The molecule has 2 heterocycles. The van der Waals surface area contributed by atoms with Gasteiger partial charge >= 0.3 is 6.03 Å². The molecular formula is C18H26N2O2S. The lowest BCUT2D eigenvalue weighted by Gasteiger charge is -2.37. The molecule has 0 radical (unpaired) electrons. The van der Waals surface area contributed by atoms with E-state index in [1.54, 1.807) is 0 Å². The van der Waals surface area contributed by atoms with Crippen LogP contribution in [-0.4, -0.2) is 42.3 Å². The van der Waals surface area contributed by atoms with Crippen LogP contribution in [0.4, 0.5) is 4.79 Å². The van der Waals surface area contributed by atoms with Crippen LogP contribution in [0.1, 0.15) is 30.4 Å². The van der Waals surface area contributed by atoms with Crippen LogP contribution in [0.15, 0.2) is 24.3 Å². The highest BCUT2D eigenvalue weighted by Gasteiger charge is 2.40. The van der Waals surface area contributed by atoms with E-state index >= 15 is 0 Å². The fourth-order valence-corrected chi connectivity index (χ4v) is 4.70. The van der Waals surface area contributed by atoms with Gasteiger partial charge in [-0.15, -0.1) is 0 Å². The third-order valence-corrected chi connectivity index (χ3v) is 5.94. The number of hydrogen-bond acceptors (Lipinski definition) is 3. The first-order valence-corrected chi connectivity index (χ1v) is 9.62. The summed E-state index contributed by atoms with van der Waals surface area (Å²) in [5.41, 5.74) is 2.53. The molecule has 1 spiro atoms. The number of amides is 2. The average Bonchev–Trinajstić information content (AvgIpc) is 2.97. The summed E-state index contributed by atoms with van der Waals surface area (Å²) in [5, 5.41) is 6.10. The first kappa shape index (κ1) is 16.7. The molecule has 3 rings (SSSR count). The van der Waals surface area contributed by atoms with Gasteiger partial charge in [-0.05, 0) is 43.9 Å². The van der Waals surface area contributed by atoms with Gasteiger partial charge < -0.3 is 15.4 Å². The molecule has 0 aliphatic carbocycles. The lowest BCUT2D eigenvalue weighted by molar-refractivity contribution is -0.0684. The molecule has 2 unspecified atom stereocenters. The maximum atomic E-state index is 12.1. The number of nitrogens with one attached hydrogen (secondary N) is 2. The van der Waals surface area contributed by atoms with Crippen molar-refractivity contribution in [3.05, 3.63) is 35.4 Å². The third-order valence-electron chi connectivity index (χ3n) is 4.72. The first-order valence-electron chi connectivity index (χ1n) is 8.47. The Labute approximate surface area is 142 Å². The summed E-state index contributed by atoms with van der Waals surface area (Å²) in [6.45, 7) is 3.51. The number of rotatable bonds is 4. The molecule has 1 aromatic carbocycles. The summed E-state index contributed by atoms with van der Waals surface area (Å²) in [4.78, 5) is 12.1. The van der Waals surface area contributed by atoms with E-state index in [1.165, 1.54) is 16.9 Å². The number of benzene rings is 1. The molecule has 1 aromatic rings. The Morgan fingerprint density at radius 2 is 2.22 bits per heavy atom. The minimum absolute atomic E-state index is 0.0166. The molecular weight excluding hydrogens is 308 g/mol. The number of hydrogen-bond donors (Lipinski definition) is 2. The van der Waals surface area contributed by atoms with E-state index in [-0.39, 0.29) is 17.7 Å². The summed E-state index contributed by atoms with van der Waals surface area (Å²) in [6, 6.07) is 8.64. The van der Waals surface area contributed by atoms with Gasteiger partial charge in [0.2, 0.25) is 0 Å². The number of urea groups is 1. The summed E-state index contributed by atoms with van der Waals surface area (Å²) >= 11 is 1.96. The number of ether oxygens (including phenoxy) is 1. The summed E-state index contributed by atoms with van der Waals surface area (Å²) in [7, 11) is 0. The summed E-state index contributed by atoms with van der Waals surface area (Å²) in [6.07, 6.45) is 3.84. The van der Waals surface area contributed by atoms with Gasteiger partial charge in [-0.2, -0.15) is 11.8 Å². The average molecular weight is 334 g/mol. The Hall–Kier alpha value is -1.20. The fourth-order valence-electron chi connectivity index (χ4n) is 3.33. The Morgan fingerprint density at radius 1 is 1.39 bits per heavy atom. The normalized spacial score (nSPS) is 27.1. The van der Waals surface area contributed by atoms with Gasteiger partial charge in [-0.1, -0.05) is 29.8 Å². The van der Waals surface area contributed by atoms with E-state index in [0.717, 1.165) is 38.0 Å². The van der Waals surface area contributed by atoms with Crippen molar-refractivity contribution >= 4 is 17.8 Å². The van der Waals surface area contributed by atoms with Crippen molar-refractivity contribution < 1.29 is 9.53 Å². The highest BCUT2D eigenvalue weighted by Crippen LogP contribution is 2.38. The molecule has 2 atom stereocenters. The second-order valence-electron chi connectivity index (χ2n) is 6.66. The molecule has 2 aliphatic heterocycles. The molecule has 2 amide bonds. The fraction of sp³-hybridized carbons (Fsp3) is 0.611. The Kier molecular flexibility index (Phi) is 5.49. The van der Waals surface area contributed by atoms with Crippen LogP contribution >= 0.6 is 11.8 Å². The van der Waals surface area contributed by atoms with Crippen molar-refractivity contribution in [2.75, 3.05) is 24.7 Å². The molecule has 0 bridgehead atoms. The van der Waals surface area contributed by atoms with Crippen LogP contribution in [0.3, 0.4) is 0 Å². The number of carbonyl (C=O) groups excluding carboxylic acids is 1. The zero-order valence-electron chi connectivity index (χ0n) is 13.8. The maximum absolute atomic E-state index is 12.1. The van der Waals surface area contributed by atoms with E-state index in [4.69, 9.17) is 4.74 Å². The van der Waals surface area contributed by atoms with Gasteiger partial charge in [0.05, 0.1) is 5.60 Å². The smallest absolute Gasteiger partial charge is 0.315 e. The molecule has 0 saturated carbocycles. The van der Waals surface area contributed by atoms with Crippen LogP contribution in [0.2, 0.25) is 0 Å². The highest BCUT2D eigenvalue weighted by molar-refractivity contribution is 7.99. The van der Waals surface area contributed by atoms with Gasteiger partial charge in [-0.25, -0.2) is 4.79 Å². The number of aryl methyl sites for hydroxylation is 1. The zero-order valence-corrected chi connectivity index (χ0v) is 14.6. The van der Waals surface area contributed by atoms with E-state index in [9.17, 15) is 4.79 Å². The standard InChI is InChI=1S/C18H26N2O2S/c1-14-2-4-15(5-3-14)6-9-19-17(21)20-16-7-10-22-18(12-16)8-11-23-13-18/h2-5,16H,6-13H2,1H3,(H2,19,20,21). The molecule has 2 N–H and O–H groups in total. The van der Waals surface area contributed by atoms with Crippen molar-refractivity contribution in [1.82, 2.24) is 10.6 Å².